The average molecular weight is 576 g/mol. The van der Waals surface area contributed by atoms with Crippen LogP contribution in [0.2, 0.25) is 0 Å². The van der Waals surface area contributed by atoms with Crippen LogP contribution < -0.4 is 0 Å². The molecule has 5 aromatic rings. The molecule has 0 aliphatic rings. The number of rotatable bonds is 1. The minimum absolute atomic E-state index is 0. The zero-order valence-corrected chi connectivity index (χ0v) is 19.3. The molecule has 5 rings (SSSR count). The molecular weight excluding hydrogens is 555 g/mol. The molecule has 0 unspecified atom stereocenters. The van der Waals surface area contributed by atoms with Gasteiger partial charge in [-0.1, -0.05) is 56.3 Å². The van der Waals surface area contributed by atoms with E-state index in [1.165, 1.54) is 16.9 Å². The first kappa shape index (κ1) is 21.2. The second-order valence-corrected chi connectivity index (χ2v) is 7.32. The van der Waals surface area contributed by atoms with Gasteiger partial charge in [0.2, 0.25) is 0 Å². The minimum Gasteiger partial charge on any atom is -0.858 e. The molecule has 146 valence electrons. The summed E-state index contributed by atoms with van der Waals surface area (Å²) in [7, 11) is 0. The van der Waals surface area contributed by atoms with E-state index in [4.69, 9.17) is 12.6 Å². The minimum atomic E-state index is 0. The van der Waals surface area contributed by atoms with Crippen molar-refractivity contribution in [3.05, 3.63) is 96.7 Å². The van der Waals surface area contributed by atoms with Crippen LogP contribution in [0.5, 0.6) is 0 Å². The molecule has 3 aromatic carbocycles. The van der Waals surface area contributed by atoms with Crippen LogP contribution >= 0.6 is 0 Å². The third-order valence-corrected chi connectivity index (χ3v) is 5.11. The molecule has 0 fully saturated rings. The Kier molecular flexibility index (Phi) is 6.84. The first-order valence-electron chi connectivity index (χ1n) is 9.23. The number of fused-ring (bicyclic) bond motifs is 5. The van der Waals surface area contributed by atoms with Gasteiger partial charge < -0.3 is 12.6 Å². The number of benzene rings is 3. The van der Waals surface area contributed by atoms with E-state index in [0.29, 0.717) is 0 Å². The first-order valence-corrected chi connectivity index (χ1v) is 9.64. The van der Waals surface area contributed by atoms with Gasteiger partial charge in [0.15, 0.2) is 0 Å². The van der Waals surface area contributed by atoms with Crippen molar-refractivity contribution in [2.24, 2.45) is 0 Å². The Morgan fingerprint density at radius 3 is 1.66 bits per heavy atom. The summed E-state index contributed by atoms with van der Waals surface area (Å²) in [6, 6.07) is 24.6. The zero-order valence-electron chi connectivity index (χ0n) is 16.2. The maximum atomic E-state index is 5.11. The fraction of sp³-hybridized carbons (Fsp3) is 0.0800. The van der Waals surface area contributed by atoms with Gasteiger partial charge in [0.05, 0.1) is 11.0 Å². The number of aromatic nitrogens is 2. The fourth-order valence-electron chi connectivity index (χ4n) is 3.37. The molecule has 2 nitrogen and oxygen atoms in total. The maximum Gasteiger partial charge on any atom is 2.00 e. The summed E-state index contributed by atoms with van der Waals surface area (Å²) in [5.74, 6) is 1.28. The van der Waals surface area contributed by atoms with Crippen molar-refractivity contribution in [3.8, 4) is 0 Å². The van der Waals surface area contributed by atoms with Crippen molar-refractivity contribution in [1.29, 1.82) is 0 Å². The number of hydrogen-bond acceptors (Lipinski definition) is 3. The molecule has 0 spiro atoms. The largest absolute Gasteiger partial charge is 2.00 e. The van der Waals surface area contributed by atoms with E-state index in [2.05, 4.69) is 66.3 Å². The van der Waals surface area contributed by atoms with Crippen LogP contribution in [0.25, 0.3) is 32.6 Å². The summed E-state index contributed by atoms with van der Waals surface area (Å²) >= 11 is 5.11. The Morgan fingerprint density at radius 1 is 0.655 bits per heavy atom. The van der Waals surface area contributed by atoms with Crippen molar-refractivity contribution in [2.75, 3.05) is 0 Å². The topological polar surface area (TPSA) is 25.8 Å². The third-order valence-electron chi connectivity index (χ3n) is 4.75. The molecule has 0 amide bonds. The first-order chi connectivity index (χ1) is 13.6. The van der Waals surface area contributed by atoms with Crippen LogP contribution in [0.4, 0.5) is 0 Å². The van der Waals surface area contributed by atoms with Crippen molar-refractivity contribution >= 4 is 45.2 Å². The molecule has 0 bridgehead atoms. The molecule has 29 heavy (non-hydrogen) atoms. The summed E-state index contributed by atoms with van der Waals surface area (Å²) < 4.78 is 0. The van der Waals surface area contributed by atoms with Crippen LogP contribution in [-0.4, -0.2) is 9.97 Å². The van der Waals surface area contributed by atoms with Gasteiger partial charge >= 0.3 is 21.1 Å². The van der Waals surface area contributed by atoms with Crippen LogP contribution in [0.3, 0.4) is 0 Å². The van der Waals surface area contributed by atoms with E-state index in [0.717, 1.165) is 32.1 Å². The normalized spacial score (nSPS) is 10.3. The van der Waals surface area contributed by atoms with Crippen LogP contribution in [0, 0.1) is 5.92 Å². The van der Waals surface area contributed by atoms with E-state index < -0.39 is 0 Å². The van der Waals surface area contributed by atoms with Gasteiger partial charge in [-0.25, -0.2) is 5.56 Å². The Morgan fingerprint density at radius 2 is 1.17 bits per heavy atom. The Labute approximate surface area is 191 Å². The fourth-order valence-corrected chi connectivity index (χ4v) is 3.72. The average Bonchev–Trinajstić information content (AvgIpc) is 2.74. The van der Waals surface area contributed by atoms with E-state index in [-0.39, 0.29) is 21.1 Å². The predicted molar refractivity (Wildman–Crippen MR) is 120 cm³/mol. The quantitative estimate of drug-likeness (QED) is 0.130. The maximum absolute atomic E-state index is 5.11. The standard InChI is InChI=1S/C16H10N2.C9H11S.Pt/c1-3-12-7-5-11-6-8-13-4-2-10-18-16(13)14(11)15(12)17-9-1;1-7(2)8-5-3-4-6-9(8)10;/h1-10H;3-6,10H,1-2H3;/q;-1;+2/p-1. The van der Waals surface area contributed by atoms with E-state index in [9.17, 15) is 0 Å². The molecule has 0 aliphatic carbocycles. The summed E-state index contributed by atoms with van der Waals surface area (Å²) in [4.78, 5) is 9.99. The Hall–Kier alpha value is -2.48. The van der Waals surface area contributed by atoms with Crippen molar-refractivity contribution in [3.63, 3.8) is 0 Å². The van der Waals surface area contributed by atoms with Gasteiger partial charge in [0.25, 0.3) is 0 Å². The van der Waals surface area contributed by atoms with Crippen molar-refractivity contribution in [1.82, 2.24) is 9.97 Å². The van der Waals surface area contributed by atoms with Gasteiger partial charge in [0, 0.05) is 28.6 Å². The smallest absolute Gasteiger partial charge is 0.858 e. The van der Waals surface area contributed by atoms with Gasteiger partial charge in [-0.15, -0.1) is 12.1 Å². The van der Waals surface area contributed by atoms with Crippen molar-refractivity contribution in [2.45, 2.75) is 18.7 Å². The molecule has 0 N–H and O–H groups in total. The van der Waals surface area contributed by atoms with Crippen molar-refractivity contribution < 1.29 is 21.1 Å². The second kappa shape index (κ2) is 9.34. The molecule has 0 aliphatic heterocycles. The van der Waals surface area contributed by atoms with Crippen LogP contribution in [0.1, 0.15) is 19.4 Å². The SMILES string of the molecule is C[C-](C)c1ccccc1[S-].[Pt+2].c1cnc2c(c1)ccc1ccc3cccnc3c12. The summed E-state index contributed by atoms with van der Waals surface area (Å²) in [6.07, 6.45) is 3.67. The second-order valence-electron chi connectivity index (χ2n) is 6.88. The molecule has 2 heterocycles. The van der Waals surface area contributed by atoms with Gasteiger partial charge in [-0.3, -0.25) is 14.9 Å². The van der Waals surface area contributed by atoms with Crippen LogP contribution in [0.15, 0.2) is 90.1 Å². The molecule has 0 saturated carbocycles. The van der Waals surface area contributed by atoms with Gasteiger partial charge in [0.1, 0.15) is 0 Å². The van der Waals surface area contributed by atoms with Gasteiger partial charge in [-0.05, 0) is 17.5 Å². The summed E-state index contributed by atoms with van der Waals surface area (Å²) in [6.45, 7) is 4.15. The number of pyridine rings is 2. The van der Waals surface area contributed by atoms with Crippen LogP contribution in [-0.2, 0) is 33.7 Å². The summed E-state index contributed by atoms with van der Waals surface area (Å²) in [5, 5.41) is 4.64. The molecule has 0 radical (unpaired) electrons. The van der Waals surface area contributed by atoms with Gasteiger partial charge in [-0.2, -0.15) is 12.0 Å². The number of nitrogens with zero attached hydrogens (tertiary/aromatic N) is 2. The molecule has 4 heteroatoms. The van der Waals surface area contributed by atoms with E-state index in [1.54, 1.807) is 0 Å². The zero-order chi connectivity index (χ0) is 19.5. The third kappa shape index (κ3) is 4.42. The molecule has 0 atom stereocenters. The molecular formula is C25H20N2PtS. The molecule has 2 aromatic heterocycles. The number of hydrogen-bond donors (Lipinski definition) is 0. The monoisotopic (exact) mass is 575 g/mol. The Bertz CT molecular complexity index is 1200. The molecule has 0 saturated heterocycles. The Balaban J connectivity index is 0.000000189. The summed E-state index contributed by atoms with van der Waals surface area (Å²) in [5.41, 5.74) is 3.25. The predicted octanol–water partition coefficient (Wildman–Crippen LogP) is 6.49. The van der Waals surface area contributed by atoms with E-state index in [1.807, 2.05) is 42.7 Å². The van der Waals surface area contributed by atoms with E-state index >= 15 is 0 Å².